The molecule has 39 heavy (non-hydrogen) atoms. The van der Waals surface area contributed by atoms with Gasteiger partial charge in [-0.15, -0.1) is 12.4 Å². The van der Waals surface area contributed by atoms with Gasteiger partial charge in [-0.3, -0.25) is 9.59 Å². The molecule has 0 saturated carbocycles. The normalized spacial score (nSPS) is 23.3. The summed E-state index contributed by atoms with van der Waals surface area (Å²) >= 11 is 0. The molecule has 2 unspecified atom stereocenters. The summed E-state index contributed by atoms with van der Waals surface area (Å²) < 4.78 is 38.6. The molecule has 3 aliphatic heterocycles. The van der Waals surface area contributed by atoms with E-state index in [2.05, 4.69) is 29.2 Å². The van der Waals surface area contributed by atoms with Crippen LogP contribution in [0.25, 0.3) is 0 Å². The van der Waals surface area contributed by atoms with Crippen molar-refractivity contribution in [2.75, 3.05) is 39.3 Å². The molecule has 0 N–H and O–H groups in total. The number of alkyl halides is 3. The van der Waals surface area contributed by atoms with E-state index in [1.807, 2.05) is 22.8 Å². The van der Waals surface area contributed by atoms with Crippen LogP contribution in [0.5, 0.6) is 0 Å². The molecule has 212 valence electrons. The zero-order valence-electron chi connectivity index (χ0n) is 22.3. The lowest BCUT2D eigenvalue weighted by atomic mass is 9.76. The Hall–Kier alpha value is -2.58. The first-order chi connectivity index (χ1) is 18.2. The van der Waals surface area contributed by atoms with E-state index in [0.29, 0.717) is 31.3 Å². The van der Waals surface area contributed by atoms with Crippen LogP contribution in [-0.2, 0) is 22.3 Å². The molecule has 5 rings (SSSR count). The number of likely N-dealkylation sites (tertiary alicyclic amines) is 3. The summed E-state index contributed by atoms with van der Waals surface area (Å²) in [4.78, 5) is 32.2. The standard InChI is InChI=1S/C30H36F3N3O2.ClH/c1-2-27(37)36-20-24(26(21-36)23-6-4-3-5-7-23)19-34-15-12-29(13-16-34)14-17-35(28(29)38)18-22-8-10-25(11-9-22)30(31,32)33;/h3-11,24,26H,2,12-21H2,1H3;1H. The van der Waals surface area contributed by atoms with E-state index >= 15 is 0 Å². The predicted octanol–water partition coefficient (Wildman–Crippen LogP) is 5.59. The smallest absolute Gasteiger partial charge is 0.342 e. The second-order valence-electron chi connectivity index (χ2n) is 11.2. The van der Waals surface area contributed by atoms with Crippen LogP contribution in [0, 0.1) is 11.3 Å². The molecular formula is C30H37ClF3N3O2. The number of amides is 2. The number of nitrogens with zero attached hydrogens (tertiary/aromatic N) is 3. The molecular weight excluding hydrogens is 527 g/mol. The van der Waals surface area contributed by atoms with Gasteiger partial charge in [-0.2, -0.15) is 13.2 Å². The molecule has 2 aromatic rings. The third-order valence-corrected chi connectivity index (χ3v) is 8.89. The molecule has 5 nitrogen and oxygen atoms in total. The molecule has 2 aromatic carbocycles. The highest BCUT2D eigenvalue weighted by molar-refractivity contribution is 5.85. The number of carbonyl (C=O) groups excluding carboxylic acids is 2. The average molecular weight is 564 g/mol. The Bertz CT molecular complexity index is 1130. The minimum Gasteiger partial charge on any atom is -0.342 e. The van der Waals surface area contributed by atoms with Crippen LogP contribution in [0.2, 0.25) is 0 Å². The van der Waals surface area contributed by atoms with Crippen molar-refractivity contribution in [3.8, 4) is 0 Å². The van der Waals surface area contributed by atoms with Gasteiger partial charge in [0.05, 0.1) is 11.0 Å². The largest absolute Gasteiger partial charge is 0.416 e. The molecule has 2 atom stereocenters. The van der Waals surface area contributed by atoms with Crippen molar-refractivity contribution in [2.24, 2.45) is 11.3 Å². The molecule has 0 aromatic heterocycles. The molecule has 0 radical (unpaired) electrons. The molecule has 2 amide bonds. The number of halogens is 4. The van der Waals surface area contributed by atoms with E-state index in [9.17, 15) is 22.8 Å². The summed E-state index contributed by atoms with van der Waals surface area (Å²) in [6, 6.07) is 15.6. The van der Waals surface area contributed by atoms with Crippen LogP contribution in [-0.4, -0.2) is 65.8 Å². The molecule has 3 heterocycles. The van der Waals surface area contributed by atoms with Crippen LogP contribution >= 0.6 is 12.4 Å². The third-order valence-electron chi connectivity index (χ3n) is 8.89. The van der Waals surface area contributed by atoms with Crippen LogP contribution in [0.4, 0.5) is 13.2 Å². The van der Waals surface area contributed by atoms with Crippen LogP contribution < -0.4 is 0 Å². The highest BCUT2D eigenvalue weighted by Crippen LogP contribution is 2.43. The minimum absolute atomic E-state index is 0. The van der Waals surface area contributed by atoms with E-state index in [1.54, 1.807) is 0 Å². The van der Waals surface area contributed by atoms with E-state index in [1.165, 1.54) is 17.7 Å². The number of hydrogen-bond acceptors (Lipinski definition) is 3. The van der Waals surface area contributed by atoms with Gasteiger partial charge in [0.1, 0.15) is 0 Å². The SMILES string of the molecule is CCC(=O)N1CC(CN2CCC3(CC2)CCN(Cc2ccc(C(F)(F)F)cc2)C3=O)C(c2ccccc2)C1.Cl. The quantitative estimate of drug-likeness (QED) is 0.460. The van der Waals surface area contributed by atoms with Gasteiger partial charge in [-0.25, -0.2) is 0 Å². The summed E-state index contributed by atoms with van der Waals surface area (Å²) in [7, 11) is 0. The fourth-order valence-electron chi connectivity index (χ4n) is 6.58. The van der Waals surface area contributed by atoms with Gasteiger partial charge < -0.3 is 14.7 Å². The maximum Gasteiger partial charge on any atom is 0.416 e. The summed E-state index contributed by atoms with van der Waals surface area (Å²) in [5.74, 6) is 1.02. The van der Waals surface area contributed by atoms with E-state index in [4.69, 9.17) is 0 Å². The molecule has 0 aliphatic carbocycles. The molecule has 0 bridgehead atoms. The van der Waals surface area contributed by atoms with Crippen molar-refractivity contribution in [1.29, 1.82) is 0 Å². The number of benzene rings is 2. The second kappa shape index (κ2) is 11.9. The van der Waals surface area contributed by atoms with Crippen LogP contribution in [0.3, 0.4) is 0 Å². The van der Waals surface area contributed by atoms with Gasteiger partial charge in [-0.1, -0.05) is 49.4 Å². The monoisotopic (exact) mass is 563 g/mol. The Balaban J connectivity index is 0.00000353. The first kappa shape index (κ1) is 29.4. The zero-order valence-corrected chi connectivity index (χ0v) is 23.1. The van der Waals surface area contributed by atoms with Crippen LogP contribution in [0.15, 0.2) is 54.6 Å². The fraction of sp³-hybridized carbons (Fsp3) is 0.533. The van der Waals surface area contributed by atoms with Gasteiger partial charge in [0.15, 0.2) is 0 Å². The minimum atomic E-state index is -4.36. The average Bonchev–Trinajstić information content (AvgIpc) is 3.47. The Morgan fingerprint density at radius 3 is 2.21 bits per heavy atom. The number of piperidine rings is 1. The predicted molar refractivity (Wildman–Crippen MR) is 146 cm³/mol. The lowest BCUT2D eigenvalue weighted by Crippen LogP contribution is -2.46. The highest BCUT2D eigenvalue weighted by Gasteiger charge is 2.48. The fourth-order valence-corrected chi connectivity index (χ4v) is 6.58. The van der Waals surface area contributed by atoms with E-state index < -0.39 is 11.7 Å². The van der Waals surface area contributed by atoms with Crippen molar-refractivity contribution in [3.63, 3.8) is 0 Å². The van der Waals surface area contributed by atoms with Gasteiger partial charge in [-0.05, 0) is 61.5 Å². The molecule has 3 fully saturated rings. The molecule has 1 spiro atoms. The molecule has 9 heteroatoms. The highest BCUT2D eigenvalue weighted by atomic mass is 35.5. The topological polar surface area (TPSA) is 43.9 Å². The van der Waals surface area contributed by atoms with Gasteiger partial charge in [0.25, 0.3) is 0 Å². The van der Waals surface area contributed by atoms with Crippen molar-refractivity contribution in [1.82, 2.24) is 14.7 Å². The zero-order chi connectivity index (χ0) is 26.9. The molecule has 3 saturated heterocycles. The summed E-state index contributed by atoms with van der Waals surface area (Å²) in [6.45, 7) is 7.05. The first-order valence-corrected chi connectivity index (χ1v) is 13.7. The van der Waals surface area contributed by atoms with Gasteiger partial charge in [0, 0.05) is 45.1 Å². The van der Waals surface area contributed by atoms with E-state index in [-0.39, 0.29) is 29.6 Å². The van der Waals surface area contributed by atoms with Crippen molar-refractivity contribution in [2.45, 2.75) is 51.2 Å². The van der Waals surface area contributed by atoms with E-state index in [0.717, 1.165) is 69.7 Å². The third kappa shape index (κ3) is 6.27. The first-order valence-electron chi connectivity index (χ1n) is 13.7. The summed E-state index contributed by atoms with van der Waals surface area (Å²) in [5, 5.41) is 0. The van der Waals surface area contributed by atoms with Crippen molar-refractivity contribution in [3.05, 3.63) is 71.3 Å². The van der Waals surface area contributed by atoms with Crippen molar-refractivity contribution >= 4 is 24.2 Å². The van der Waals surface area contributed by atoms with Gasteiger partial charge in [0.2, 0.25) is 11.8 Å². The molecule has 3 aliphatic rings. The van der Waals surface area contributed by atoms with Crippen LogP contribution in [0.1, 0.15) is 55.2 Å². The summed E-state index contributed by atoms with van der Waals surface area (Å²) in [6.07, 6.45) is -1.44. The lowest BCUT2D eigenvalue weighted by molar-refractivity contribution is -0.139. The Morgan fingerprint density at radius 2 is 1.59 bits per heavy atom. The number of rotatable bonds is 6. The van der Waals surface area contributed by atoms with Gasteiger partial charge >= 0.3 is 6.18 Å². The maximum atomic E-state index is 13.4. The number of carbonyl (C=O) groups is 2. The Morgan fingerprint density at radius 1 is 0.949 bits per heavy atom. The summed E-state index contributed by atoms with van der Waals surface area (Å²) in [5.41, 5.74) is 0.973. The lowest BCUT2D eigenvalue weighted by Gasteiger charge is -2.39. The maximum absolute atomic E-state index is 13.4. The number of hydrogen-bond donors (Lipinski definition) is 0. The Labute approximate surface area is 234 Å². The van der Waals surface area contributed by atoms with Crippen molar-refractivity contribution < 1.29 is 22.8 Å². The Kier molecular flexibility index (Phi) is 8.96. The second-order valence-corrected chi connectivity index (χ2v) is 11.2.